The number of aromatic nitrogens is 2. The van der Waals surface area contributed by atoms with Gasteiger partial charge >= 0.3 is 5.97 Å². The lowest BCUT2D eigenvalue weighted by Crippen LogP contribution is -2.15. The number of methoxy groups -OCH3 is 1. The number of esters is 1. The van der Waals surface area contributed by atoms with Gasteiger partial charge in [-0.1, -0.05) is 42.5 Å². The van der Waals surface area contributed by atoms with E-state index in [-0.39, 0.29) is 12.6 Å². The third-order valence-corrected chi connectivity index (χ3v) is 4.59. The van der Waals surface area contributed by atoms with Gasteiger partial charge in [0.1, 0.15) is 18.2 Å². The molecule has 0 unspecified atom stereocenters. The van der Waals surface area contributed by atoms with Gasteiger partial charge in [0.2, 0.25) is 0 Å². The van der Waals surface area contributed by atoms with E-state index in [0.717, 1.165) is 16.5 Å². The molecule has 6 heteroatoms. The molecule has 4 rings (SSSR count). The summed E-state index contributed by atoms with van der Waals surface area (Å²) in [7, 11) is 1.58. The molecule has 1 aromatic heterocycles. The van der Waals surface area contributed by atoms with E-state index in [4.69, 9.17) is 9.47 Å². The van der Waals surface area contributed by atoms with E-state index in [9.17, 15) is 4.79 Å². The Labute approximate surface area is 174 Å². The molecule has 6 nitrogen and oxygen atoms in total. The van der Waals surface area contributed by atoms with Crippen molar-refractivity contribution < 1.29 is 14.3 Å². The standard InChI is InChI=1S/C24H21N3O3/c1-29-19-13-11-18(12-14-19)24(28)30-16-15-25-23-20-9-5-6-10-21(20)26-22(27-23)17-7-3-2-4-8-17/h2-14H,15-16H2,1H3,(H,25,26,27). The largest absolute Gasteiger partial charge is 0.497 e. The van der Waals surface area contributed by atoms with Gasteiger partial charge in [-0.25, -0.2) is 14.8 Å². The summed E-state index contributed by atoms with van der Waals surface area (Å²) in [6.45, 7) is 0.640. The zero-order valence-electron chi connectivity index (χ0n) is 16.5. The second-order valence-corrected chi connectivity index (χ2v) is 6.57. The number of rotatable bonds is 7. The molecule has 0 radical (unpaired) electrons. The van der Waals surface area contributed by atoms with Crippen molar-refractivity contribution >= 4 is 22.7 Å². The van der Waals surface area contributed by atoms with E-state index in [1.807, 2.05) is 54.6 Å². The van der Waals surface area contributed by atoms with E-state index < -0.39 is 0 Å². The fraction of sp³-hybridized carbons (Fsp3) is 0.125. The van der Waals surface area contributed by atoms with E-state index in [1.54, 1.807) is 31.4 Å². The molecule has 4 aromatic rings. The molecule has 0 fully saturated rings. The average molecular weight is 399 g/mol. The highest BCUT2D eigenvalue weighted by atomic mass is 16.5. The maximum Gasteiger partial charge on any atom is 0.338 e. The van der Waals surface area contributed by atoms with Gasteiger partial charge in [0.05, 0.1) is 24.7 Å². The number of anilines is 1. The summed E-state index contributed by atoms with van der Waals surface area (Å²) in [4.78, 5) is 21.5. The van der Waals surface area contributed by atoms with E-state index >= 15 is 0 Å². The van der Waals surface area contributed by atoms with Crippen LogP contribution in [0, 0.1) is 0 Å². The van der Waals surface area contributed by atoms with Crippen molar-refractivity contribution in [3.05, 3.63) is 84.4 Å². The van der Waals surface area contributed by atoms with Crippen molar-refractivity contribution in [3.8, 4) is 17.1 Å². The van der Waals surface area contributed by atoms with E-state index in [0.29, 0.717) is 29.5 Å². The van der Waals surface area contributed by atoms with Gasteiger partial charge < -0.3 is 14.8 Å². The number of hydrogen-bond donors (Lipinski definition) is 1. The van der Waals surface area contributed by atoms with Crippen LogP contribution in [-0.4, -0.2) is 36.2 Å². The van der Waals surface area contributed by atoms with Crippen LogP contribution in [0.3, 0.4) is 0 Å². The van der Waals surface area contributed by atoms with Crippen molar-refractivity contribution in [1.29, 1.82) is 0 Å². The number of carbonyl (C=O) groups is 1. The van der Waals surface area contributed by atoms with Gasteiger partial charge in [-0.2, -0.15) is 0 Å². The number of fused-ring (bicyclic) bond motifs is 1. The van der Waals surface area contributed by atoms with Gasteiger partial charge in [0.25, 0.3) is 0 Å². The minimum atomic E-state index is -0.378. The van der Waals surface area contributed by atoms with Crippen LogP contribution in [0.5, 0.6) is 5.75 Å². The molecule has 3 aromatic carbocycles. The number of para-hydroxylation sites is 1. The monoisotopic (exact) mass is 399 g/mol. The summed E-state index contributed by atoms with van der Waals surface area (Å²) in [5.41, 5.74) is 2.27. The molecule has 0 aliphatic carbocycles. The topological polar surface area (TPSA) is 73.3 Å². The Kier molecular flexibility index (Phi) is 5.85. The minimum absolute atomic E-state index is 0.212. The molecule has 150 valence electrons. The number of nitrogens with zero attached hydrogens (tertiary/aromatic N) is 2. The van der Waals surface area contributed by atoms with Gasteiger partial charge in [-0.05, 0) is 36.4 Å². The van der Waals surface area contributed by atoms with Crippen LogP contribution in [0.2, 0.25) is 0 Å². The lowest BCUT2D eigenvalue weighted by Gasteiger charge is -2.11. The molecule has 0 spiro atoms. The first-order chi connectivity index (χ1) is 14.7. The van der Waals surface area contributed by atoms with Crippen LogP contribution in [0.25, 0.3) is 22.3 Å². The van der Waals surface area contributed by atoms with Crippen LogP contribution in [-0.2, 0) is 4.74 Å². The van der Waals surface area contributed by atoms with E-state index in [2.05, 4.69) is 15.3 Å². The predicted molar refractivity (Wildman–Crippen MR) is 117 cm³/mol. The summed E-state index contributed by atoms with van der Waals surface area (Å²) >= 11 is 0. The van der Waals surface area contributed by atoms with Crippen LogP contribution < -0.4 is 10.1 Å². The zero-order chi connectivity index (χ0) is 20.8. The number of carbonyl (C=O) groups excluding carboxylic acids is 1. The Morgan fingerprint density at radius 1 is 0.900 bits per heavy atom. The molecule has 0 amide bonds. The highest BCUT2D eigenvalue weighted by Gasteiger charge is 2.10. The van der Waals surface area contributed by atoms with Crippen LogP contribution in [0.4, 0.5) is 5.82 Å². The lowest BCUT2D eigenvalue weighted by molar-refractivity contribution is 0.0520. The Morgan fingerprint density at radius 3 is 2.40 bits per heavy atom. The summed E-state index contributed by atoms with van der Waals surface area (Å²) in [5.74, 6) is 1.67. The molecule has 0 saturated heterocycles. The summed E-state index contributed by atoms with van der Waals surface area (Å²) in [6.07, 6.45) is 0. The van der Waals surface area contributed by atoms with E-state index in [1.165, 1.54) is 0 Å². The highest BCUT2D eigenvalue weighted by molar-refractivity contribution is 5.91. The van der Waals surface area contributed by atoms with Gasteiger partial charge in [0, 0.05) is 10.9 Å². The first-order valence-corrected chi connectivity index (χ1v) is 9.62. The fourth-order valence-electron chi connectivity index (χ4n) is 3.05. The Bertz CT molecular complexity index is 1150. The fourth-order valence-corrected chi connectivity index (χ4v) is 3.05. The maximum absolute atomic E-state index is 12.2. The smallest absolute Gasteiger partial charge is 0.338 e. The first-order valence-electron chi connectivity index (χ1n) is 9.62. The van der Waals surface area contributed by atoms with Crippen molar-refractivity contribution in [2.24, 2.45) is 0 Å². The molecular formula is C24H21N3O3. The second kappa shape index (κ2) is 9.05. The average Bonchev–Trinajstić information content (AvgIpc) is 2.82. The molecular weight excluding hydrogens is 378 g/mol. The number of benzene rings is 3. The molecule has 1 heterocycles. The zero-order valence-corrected chi connectivity index (χ0v) is 16.5. The summed E-state index contributed by atoms with van der Waals surface area (Å²) in [6, 6.07) is 24.5. The quantitative estimate of drug-likeness (QED) is 0.362. The maximum atomic E-state index is 12.2. The molecule has 0 aliphatic rings. The minimum Gasteiger partial charge on any atom is -0.497 e. The van der Waals surface area contributed by atoms with Crippen molar-refractivity contribution in [2.75, 3.05) is 25.6 Å². The van der Waals surface area contributed by atoms with Crippen molar-refractivity contribution in [1.82, 2.24) is 9.97 Å². The van der Waals surface area contributed by atoms with Gasteiger partial charge in [0.15, 0.2) is 5.82 Å². The van der Waals surface area contributed by atoms with Crippen LogP contribution in [0.15, 0.2) is 78.9 Å². The van der Waals surface area contributed by atoms with Crippen LogP contribution >= 0.6 is 0 Å². The molecule has 0 aliphatic heterocycles. The van der Waals surface area contributed by atoms with Crippen molar-refractivity contribution in [3.63, 3.8) is 0 Å². The van der Waals surface area contributed by atoms with Gasteiger partial charge in [-0.15, -0.1) is 0 Å². The SMILES string of the molecule is COc1ccc(C(=O)OCCNc2nc(-c3ccccc3)nc3ccccc23)cc1. The highest BCUT2D eigenvalue weighted by Crippen LogP contribution is 2.24. The second-order valence-electron chi connectivity index (χ2n) is 6.57. The molecule has 30 heavy (non-hydrogen) atoms. The predicted octanol–water partition coefficient (Wildman–Crippen LogP) is 4.57. The van der Waals surface area contributed by atoms with Crippen molar-refractivity contribution in [2.45, 2.75) is 0 Å². The molecule has 0 bridgehead atoms. The van der Waals surface area contributed by atoms with Crippen LogP contribution in [0.1, 0.15) is 10.4 Å². The number of nitrogens with one attached hydrogen (secondary N) is 1. The lowest BCUT2D eigenvalue weighted by atomic mass is 10.2. The molecule has 1 N–H and O–H groups in total. The Morgan fingerprint density at radius 2 is 1.63 bits per heavy atom. The summed E-state index contributed by atoms with van der Waals surface area (Å²) < 4.78 is 10.5. The van der Waals surface area contributed by atoms with Gasteiger partial charge in [-0.3, -0.25) is 0 Å². The summed E-state index contributed by atoms with van der Waals surface area (Å²) in [5, 5.41) is 4.19. The first kappa shape index (κ1) is 19.4. The third kappa shape index (κ3) is 4.38. The normalized spacial score (nSPS) is 10.6. The molecule has 0 atom stereocenters. The Hall–Kier alpha value is -3.93. The Balaban J connectivity index is 1.45. The third-order valence-electron chi connectivity index (χ3n) is 4.59. The number of ether oxygens (including phenoxy) is 2. The number of hydrogen-bond acceptors (Lipinski definition) is 6. The molecule has 0 saturated carbocycles.